The van der Waals surface area contributed by atoms with Gasteiger partial charge in [-0.1, -0.05) is 52.0 Å². The number of fused-ring (bicyclic) bond motifs is 5. The number of likely N-dealkylation sites (tertiary alicyclic amines) is 1. The van der Waals surface area contributed by atoms with Crippen LogP contribution in [-0.4, -0.2) is 58.1 Å². The van der Waals surface area contributed by atoms with E-state index in [1.807, 2.05) is 13.0 Å². The van der Waals surface area contributed by atoms with E-state index in [4.69, 9.17) is 0 Å². The molecule has 1 aliphatic heterocycles. The second-order valence-electron chi connectivity index (χ2n) is 14.9. The van der Waals surface area contributed by atoms with Crippen molar-refractivity contribution < 1.29 is 36.6 Å². The molecule has 1 saturated heterocycles. The SMILES string of the molecule is CC12CC(F)C3c4ccc(O)cc4CCC3C1CC[C@]2(C)O.CCCCCN1CCCC1CCCCCCC(F)(F)C(F)(F)F. The minimum atomic E-state index is -5.41. The molecule has 1 aromatic rings. The summed E-state index contributed by atoms with van der Waals surface area (Å²) >= 11 is 0. The molecule has 3 nitrogen and oxygen atoms in total. The predicted octanol–water partition coefficient (Wildman–Crippen LogP) is 10.1. The van der Waals surface area contributed by atoms with E-state index in [0.29, 0.717) is 30.7 Å². The van der Waals surface area contributed by atoms with Gasteiger partial charge in [-0.15, -0.1) is 0 Å². The average Bonchev–Trinajstić information content (AvgIpc) is 3.50. The summed E-state index contributed by atoms with van der Waals surface area (Å²) in [6, 6.07) is 6.00. The van der Waals surface area contributed by atoms with Crippen molar-refractivity contribution in [2.24, 2.45) is 17.3 Å². The fourth-order valence-electron chi connectivity index (χ4n) is 9.11. The number of aliphatic hydroxyl groups is 1. The lowest BCUT2D eigenvalue weighted by Crippen LogP contribution is -2.52. The molecule has 7 atom stereocenters. The lowest BCUT2D eigenvalue weighted by atomic mass is 9.53. The molecule has 0 amide bonds. The van der Waals surface area contributed by atoms with Crippen LogP contribution in [0.15, 0.2) is 18.2 Å². The fourth-order valence-corrected chi connectivity index (χ4v) is 9.11. The van der Waals surface area contributed by atoms with Crippen LogP contribution in [0.3, 0.4) is 0 Å². The Hall–Kier alpha value is -1.48. The lowest BCUT2D eigenvalue weighted by Gasteiger charge is -2.53. The Kier molecular flexibility index (Phi) is 11.9. The van der Waals surface area contributed by atoms with Gasteiger partial charge >= 0.3 is 12.1 Å². The highest BCUT2D eigenvalue weighted by Crippen LogP contribution is 2.64. The number of aryl methyl sites for hydroxylation is 1. The number of phenolic OH excluding ortho intramolecular Hbond substituents is 1. The molecule has 9 heteroatoms. The van der Waals surface area contributed by atoms with Crippen molar-refractivity contribution >= 4 is 0 Å². The molecule has 1 heterocycles. The third kappa shape index (κ3) is 8.16. The summed E-state index contributed by atoms with van der Waals surface area (Å²) in [5.74, 6) is -3.59. The molecule has 258 valence electrons. The number of benzene rings is 1. The zero-order valence-electron chi connectivity index (χ0n) is 27.5. The van der Waals surface area contributed by atoms with Gasteiger partial charge in [0.05, 0.1) is 5.60 Å². The molecule has 3 aliphatic carbocycles. The van der Waals surface area contributed by atoms with Crippen LogP contribution in [0.5, 0.6) is 5.75 Å². The van der Waals surface area contributed by atoms with Crippen molar-refractivity contribution in [3.8, 4) is 5.75 Å². The minimum absolute atomic E-state index is 0.0581. The molecule has 6 unspecified atom stereocenters. The van der Waals surface area contributed by atoms with Gasteiger partial charge in [0.15, 0.2) is 0 Å². The predicted molar refractivity (Wildman–Crippen MR) is 166 cm³/mol. The van der Waals surface area contributed by atoms with Crippen LogP contribution < -0.4 is 0 Å². The maximum Gasteiger partial charge on any atom is 0.453 e. The number of nitrogens with zero attached hydrogens (tertiary/aromatic N) is 1. The highest BCUT2D eigenvalue weighted by Gasteiger charge is 2.62. The van der Waals surface area contributed by atoms with E-state index in [2.05, 4.69) is 18.7 Å². The van der Waals surface area contributed by atoms with Gasteiger partial charge in [0, 0.05) is 23.8 Å². The third-order valence-electron chi connectivity index (χ3n) is 12.0. The number of unbranched alkanes of at least 4 members (excludes halogenated alkanes) is 5. The molecule has 5 rings (SSSR count). The summed E-state index contributed by atoms with van der Waals surface area (Å²) in [5.41, 5.74) is 1.15. The van der Waals surface area contributed by atoms with Gasteiger partial charge in [0.2, 0.25) is 0 Å². The highest BCUT2D eigenvalue weighted by atomic mass is 19.4. The topological polar surface area (TPSA) is 43.7 Å². The molecule has 45 heavy (non-hydrogen) atoms. The standard InChI is InChI=1S/C19H25FO2.C17H30F5N/c1-18-10-16(20)17-13-6-4-12(21)9-11(13)3-5-14(17)15(18)7-8-19(18,2)22;1-2-3-8-13-23-14-9-11-15(23)10-6-4-5-7-12-16(18,19)17(20,21)22/h4,6,9,14-17,21-22H,3,5,7-8,10H2,1-2H3;15H,2-14H2,1H3/t14?,15?,16?,17?,18?,19-;/m0./s1. The van der Waals surface area contributed by atoms with Crippen molar-refractivity contribution in [1.29, 1.82) is 0 Å². The zero-order valence-corrected chi connectivity index (χ0v) is 27.5. The number of halogens is 6. The van der Waals surface area contributed by atoms with Crippen LogP contribution in [0.25, 0.3) is 0 Å². The second-order valence-corrected chi connectivity index (χ2v) is 14.9. The number of aromatic hydroxyl groups is 1. The first-order valence-electron chi connectivity index (χ1n) is 17.5. The number of hydrogen-bond donors (Lipinski definition) is 2. The monoisotopic (exact) mass is 647 g/mol. The maximum absolute atomic E-state index is 15.2. The number of phenols is 1. The van der Waals surface area contributed by atoms with Gasteiger partial charge in [0.1, 0.15) is 11.9 Å². The normalized spacial score (nSPS) is 33.2. The van der Waals surface area contributed by atoms with Crippen LogP contribution in [0.1, 0.15) is 134 Å². The molecule has 4 aliphatic rings. The van der Waals surface area contributed by atoms with Crippen molar-refractivity contribution in [2.45, 2.75) is 159 Å². The van der Waals surface area contributed by atoms with Crippen molar-refractivity contribution in [3.05, 3.63) is 29.3 Å². The number of alkyl halides is 6. The number of hydrogen-bond acceptors (Lipinski definition) is 3. The average molecular weight is 648 g/mol. The van der Waals surface area contributed by atoms with Crippen LogP contribution in [-0.2, 0) is 6.42 Å². The number of rotatable bonds is 11. The van der Waals surface area contributed by atoms with Crippen molar-refractivity contribution in [3.63, 3.8) is 0 Å². The van der Waals surface area contributed by atoms with E-state index in [9.17, 15) is 32.2 Å². The first-order valence-corrected chi connectivity index (χ1v) is 17.5. The lowest BCUT2D eigenvalue weighted by molar-refractivity contribution is -0.284. The van der Waals surface area contributed by atoms with E-state index >= 15 is 4.39 Å². The van der Waals surface area contributed by atoms with E-state index in [1.54, 1.807) is 12.1 Å². The Labute approximate surface area is 266 Å². The van der Waals surface area contributed by atoms with E-state index < -0.39 is 30.3 Å². The first kappa shape index (κ1) is 36.4. The van der Waals surface area contributed by atoms with E-state index in [1.165, 1.54) is 32.1 Å². The summed E-state index contributed by atoms with van der Waals surface area (Å²) in [4.78, 5) is 2.52. The van der Waals surface area contributed by atoms with Gasteiger partial charge in [-0.3, -0.25) is 0 Å². The Morgan fingerprint density at radius 1 is 0.956 bits per heavy atom. The third-order valence-corrected chi connectivity index (χ3v) is 12.0. The largest absolute Gasteiger partial charge is 0.508 e. The molecule has 2 N–H and O–H groups in total. The molecular weight excluding hydrogens is 592 g/mol. The Morgan fingerprint density at radius 2 is 1.69 bits per heavy atom. The summed E-state index contributed by atoms with van der Waals surface area (Å²) in [6.07, 6.45) is 5.92. The first-order chi connectivity index (χ1) is 21.1. The molecular formula is C36H55F6NO2. The molecule has 0 bridgehead atoms. The summed E-state index contributed by atoms with van der Waals surface area (Å²) in [7, 11) is 0. The smallest absolute Gasteiger partial charge is 0.453 e. The second kappa shape index (κ2) is 14.7. The molecule has 1 aromatic carbocycles. The summed E-state index contributed by atoms with van der Waals surface area (Å²) < 4.78 is 76.7. The Morgan fingerprint density at radius 3 is 2.40 bits per heavy atom. The fraction of sp³-hybridized carbons (Fsp3) is 0.833. The van der Waals surface area contributed by atoms with Crippen LogP contribution in [0.4, 0.5) is 26.3 Å². The molecule has 0 spiro atoms. The molecule has 0 radical (unpaired) electrons. The van der Waals surface area contributed by atoms with Crippen molar-refractivity contribution in [1.82, 2.24) is 4.90 Å². The summed E-state index contributed by atoms with van der Waals surface area (Å²) in [6.45, 7) is 8.46. The van der Waals surface area contributed by atoms with E-state index in [-0.39, 0.29) is 23.5 Å². The van der Waals surface area contributed by atoms with Crippen LogP contribution >= 0.6 is 0 Å². The Balaban J connectivity index is 0.000000205. The van der Waals surface area contributed by atoms with E-state index in [0.717, 1.165) is 69.2 Å². The van der Waals surface area contributed by atoms with Gasteiger partial charge < -0.3 is 15.1 Å². The van der Waals surface area contributed by atoms with Crippen LogP contribution in [0, 0.1) is 17.3 Å². The molecule has 2 saturated carbocycles. The van der Waals surface area contributed by atoms with Gasteiger partial charge in [-0.05, 0) is 119 Å². The van der Waals surface area contributed by atoms with Crippen LogP contribution in [0.2, 0.25) is 0 Å². The van der Waals surface area contributed by atoms with Gasteiger partial charge in [0.25, 0.3) is 0 Å². The minimum Gasteiger partial charge on any atom is -0.508 e. The zero-order chi connectivity index (χ0) is 33.0. The Bertz CT molecular complexity index is 1090. The van der Waals surface area contributed by atoms with Gasteiger partial charge in [-0.2, -0.15) is 22.0 Å². The molecule has 0 aromatic heterocycles. The summed E-state index contributed by atoms with van der Waals surface area (Å²) in [5, 5.41) is 20.5. The van der Waals surface area contributed by atoms with Crippen molar-refractivity contribution in [2.75, 3.05) is 13.1 Å². The van der Waals surface area contributed by atoms with Gasteiger partial charge in [-0.25, -0.2) is 4.39 Å². The quantitative estimate of drug-likeness (QED) is 0.186. The maximum atomic E-state index is 15.2. The molecule has 3 fully saturated rings. The highest BCUT2D eigenvalue weighted by molar-refractivity contribution is 5.41.